The van der Waals surface area contributed by atoms with E-state index in [1.807, 2.05) is 6.08 Å². The summed E-state index contributed by atoms with van der Waals surface area (Å²) in [6.45, 7) is 0. The molecule has 3 fully saturated rings. The highest BCUT2D eigenvalue weighted by Gasteiger charge is 2.86. The van der Waals surface area contributed by atoms with E-state index in [-0.39, 0.29) is 24.7 Å². The number of hydrogen-bond donors (Lipinski definition) is 1. The van der Waals surface area contributed by atoms with Gasteiger partial charge in [0.1, 0.15) is 0 Å². The van der Waals surface area contributed by atoms with Gasteiger partial charge in [0.05, 0.1) is 0 Å². The lowest BCUT2D eigenvalue weighted by atomic mass is 9.41. The highest BCUT2D eigenvalue weighted by molar-refractivity contribution is 7.87. The quantitative estimate of drug-likeness (QED) is 0.485. The molecular formula is C14H16F4O3S. The number of alkyl halides is 4. The van der Waals surface area contributed by atoms with Crippen molar-refractivity contribution < 1.29 is 30.5 Å². The van der Waals surface area contributed by atoms with Gasteiger partial charge in [-0.3, -0.25) is 4.55 Å². The molecule has 0 aromatic rings. The Morgan fingerprint density at radius 3 is 2.50 bits per heavy atom. The lowest BCUT2D eigenvalue weighted by molar-refractivity contribution is -0.274. The molecule has 4 rings (SSSR count). The second-order valence-electron chi connectivity index (χ2n) is 7.28. The summed E-state index contributed by atoms with van der Waals surface area (Å²) in [5.41, 5.74) is -1.87. The summed E-state index contributed by atoms with van der Waals surface area (Å²) in [4.78, 5) is 0. The molecule has 0 aliphatic heterocycles. The first-order valence-corrected chi connectivity index (χ1v) is 8.86. The Balaban J connectivity index is 1.87. The standard InChI is InChI=1S/C14H16F4O3S/c15-13(16,14(17,18)22(19,20)21)12-5-3-9(7-12)10-8-2-1-4-11(10,12)6-8/h2,9-10H,1,3-7H2,(H,19,20,21). The van der Waals surface area contributed by atoms with Crippen molar-refractivity contribution in [1.29, 1.82) is 0 Å². The molecule has 8 heteroatoms. The molecule has 1 N–H and O–H groups in total. The van der Waals surface area contributed by atoms with E-state index >= 15 is 0 Å². The van der Waals surface area contributed by atoms with Crippen LogP contribution in [-0.2, 0) is 10.1 Å². The second-order valence-corrected chi connectivity index (χ2v) is 8.74. The van der Waals surface area contributed by atoms with Crippen LogP contribution in [0.3, 0.4) is 0 Å². The van der Waals surface area contributed by atoms with Gasteiger partial charge < -0.3 is 0 Å². The van der Waals surface area contributed by atoms with Crippen LogP contribution >= 0.6 is 0 Å². The smallest absolute Gasteiger partial charge is 0.281 e. The number of halogens is 4. The van der Waals surface area contributed by atoms with Crippen LogP contribution in [0, 0.1) is 22.7 Å². The Hall–Kier alpha value is -0.630. The fraction of sp³-hybridized carbons (Fsp3) is 0.857. The molecule has 0 saturated heterocycles. The molecule has 22 heavy (non-hydrogen) atoms. The number of rotatable bonds is 3. The van der Waals surface area contributed by atoms with Crippen LogP contribution in [0.4, 0.5) is 17.6 Å². The normalized spacial score (nSPS) is 43.6. The lowest BCUT2D eigenvalue weighted by Crippen LogP contribution is -2.66. The zero-order valence-corrected chi connectivity index (χ0v) is 12.5. The molecule has 0 aromatic heterocycles. The minimum atomic E-state index is -6.17. The molecule has 4 atom stereocenters. The summed E-state index contributed by atoms with van der Waals surface area (Å²) in [5.74, 6) is -4.93. The van der Waals surface area contributed by atoms with E-state index < -0.39 is 32.1 Å². The summed E-state index contributed by atoms with van der Waals surface area (Å²) >= 11 is 0. The first kappa shape index (κ1) is 14.9. The Kier molecular flexibility index (Phi) is 2.52. The minimum Gasteiger partial charge on any atom is -0.281 e. The average Bonchev–Trinajstić information content (AvgIpc) is 2.91. The fourth-order valence-corrected chi connectivity index (χ4v) is 6.60. The van der Waals surface area contributed by atoms with Crippen LogP contribution in [0.2, 0.25) is 0 Å². The van der Waals surface area contributed by atoms with Gasteiger partial charge in [-0.15, -0.1) is 0 Å². The topological polar surface area (TPSA) is 54.4 Å². The molecule has 0 amide bonds. The predicted octanol–water partition coefficient (Wildman–Crippen LogP) is 3.63. The van der Waals surface area contributed by atoms with E-state index in [1.165, 1.54) is 0 Å². The van der Waals surface area contributed by atoms with Gasteiger partial charge in [-0.25, -0.2) is 0 Å². The molecule has 4 unspecified atom stereocenters. The SMILES string of the molecule is O=S(=O)(O)C(F)(F)C(F)(F)C12CCC(C1)C1C3=CCCC12C3. The zero-order chi connectivity index (χ0) is 16.2. The molecule has 4 aliphatic carbocycles. The molecule has 0 spiro atoms. The Morgan fingerprint density at radius 2 is 1.91 bits per heavy atom. The van der Waals surface area contributed by atoms with E-state index in [2.05, 4.69) is 0 Å². The lowest BCUT2D eigenvalue weighted by Gasteiger charge is -2.63. The maximum Gasteiger partial charge on any atom is 0.432 e. The van der Waals surface area contributed by atoms with Crippen molar-refractivity contribution in [1.82, 2.24) is 0 Å². The summed E-state index contributed by atoms with van der Waals surface area (Å²) < 4.78 is 88.1. The first-order valence-electron chi connectivity index (χ1n) is 7.42. The molecule has 3 saturated carbocycles. The van der Waals surface area contributed by atoms with Crippen molar-refractivity contribution >= 4 is 10.1 Å². The van der Waals surface area contributed by atoms with Gasteiger partial charge in [-0.05, 0) is 55.8 Å². The number of fused-ring (bicyclic) bond motifs is 2. The van der Waals surface area contributed by atoms with Crippen molar-refractivity contribution in [3.63, 3.8) is 0 Å². The van der Waals surface area contributed by atoms with Crippen LogP contribution < -0.4 is 0 Å². The largest absolute Gasteiger partial charge is 0.432 e. The van der Waals surface area contributed by atoms with Crippen molar-refractivity contribution in [3.05, 3.63) is 11.6 Å². The van der Waals surface area contributed by atoms with Crippen LogP contribution in [0.15, 0.2) is 11.6 Å². The van der Waals surface area contributed by atoms with E-state index in [4.69, 9.17) is 4.55 Å². The Morgan fingerprint density at radius 1 is 1.23 bits per heavy atom. The van der Waals surface area contributed by atoms with Crippen LogP contribution in [0.5, 0.6) is 0 Å². The number of hydrogen-bond acceptors (Lipinski definition) is 2. The van der Waals surface area contributed by atoms with Crippen molar-refractivity contribution in [2.24, 2.45) is 22.7 Å². The minimum absolute atomic E-state index is 0.0663. The first-order chi connectivity index (χ1) is 10.0. The van der Waals surface area contributed by atoms with Gasteiger partial charge in [-0.2, -0.15) is 26.0 Å². The van der Waals surface area contributed by atoms with E-state index in [1.54, 1.807) is 0 Å². The van der Waals surface area contributed by atoms with Crippen LogP contribution in [0.25, 0.3) is 0 Å². The summed E-state index contributed by atoms with van der Waals surface area (Å²) in [5, 5.41) is -5.45. The van der Waals surface area contributed by atoms with Gasteiger partial charge in [-0.1, -0.05) is 11.6 Å². The van der Waals surface area contributed by atoms with Gasteiger partial charge in [0.25, 0.3) is 0 Å². The molecule has 124 valence electrons. The Labute approximate surface area is 125 Å². The van der Waals surface area contributed by atoms with Crippen molar-refractivity contribution in [2.45, 2.75) is 49.7 Å². The monoisotopic (exact) mass is 340 g/mol. The average molecular weight is 340 g/mol. The Bertz CT molecular complexity index is 686. The molecule has 3 nitrogen and oxygen atoms in total. The zero-order valence-electron chi connectivity index (χ0n) is 11.7. The van der Waals surface area contributed by atoms with Crippen molar-refractivity contribution in [2.75, 3.05) is 0 Å². The van der Waals surface area contributed by atoms with Crippen molar-refractivity contribution in [3.8, 4) is 0 Å². The van der Waals surface area contributed by atoms with Gasteiger partial charge >= 0.3 is 21.3 Å². The van der Waals surface area contributed by atoms with Crippen LogP contribution in [-0.4, -0.2) is 24.1 Å². The second kappa shape index (κ2) is 3.71. The summed E-state index contributed by atoms with van der Waals surface area (Å²) in [6.07, 6.45) is 3.60. The maximum absolute atomic E-state index is 14.8. The molecule has 0 radical (unpaired) electrons. The molecule has 4 aliphatic rings. The molecule has 0 heterocycles. The van der Waals surface area contributed by atoms with E-state index in [0.29, 0.717) is 25.7 Å². The number of allylic oxidation sites excluding steroid dienone is 2. The van der Waals surface area contributed by atoms with E-state index in [9.17, 15) is 26.0 Å². The molecular weight excluding hydrogens is 324 g/mol. The van der Waals surface area contributed by atoms with Gasteiger partial charge in [0.15, 0.2) is 0 Å². The molecule has 4 bridgehead atoms. The third-order valence-corrected chi connectivity index (χ3v) is 7.68. The summed E-state index contributed by atoms with van der Waals surface area (Å²) in [7, 11) is -6.17. The third-order valence-electron chi connectivity index (χ3n) is 6.78. The van der Waals surface area contributed by atoms with Gasteiger partial charge in [0, 0.05) is 5.41 Å². The highest BCUT2D eigenvalue weighted by Crippen LogP contribution is 2.83. The fourth-order valence-electron chi connectivity index (χ4n) is 6.08. The summed E-state index contributed by atoms with van der Waals surface area (Å²) in [6, 6.07) is 0. The van der Waals surface area contributed by atoms with Gasteiger partial charge in [0.2, 0.25) is 0 Å². The predicted molar refractivity (Wildman–Crippen MR) is 69.1 cm³/mol. The van der Waals surface area contributed by atoms with Crippen LogP contribution in [0.1, 0.15) is 38.5 Å². The van der Waals surface area contributed by atoms with E-state index in [0.717, 1.165) is 5.57 Å². The maximum atomic E-state index is 14.8. The molecule has 0 aromatic carbocycles. The third kappa shape index (κ3) is 1.25. The highest BCUT2D eigenvalue weighted by atomic mass is 32.2.